The second kappa shape index (κ2) is 7.66. The summed E-state index contributed by atoms with van der Waals surface area (Å²) in [7, 11) is 0. The van der Waals surface area contributed by atoms with E-state index in [1.165, 1.54) is 0 Å². The summed E-state index contributed by atoms with van der Waals surface area (Å²) in [5, 5.41) is 12.0. The highest BCUT2D eigenvalue weighted by Crippen LogP contribution is 2.40. The van der Waals surface area contributed by atoms with E-state index in [2.05, 4.69) is 26.1 Å². The highest BCUT2D eigenvalue weighted by atomic mass is 16.4. The minimum Gasteiger partial charge on any atom is -0.481 e. The van der Waals surface area contributed by atoms with E-state index < -0.39 is 17.3 Å². The Morgan fingerprint density at radius 2 is 1.67 bits per heavy atom. The van der Waals surface area contributed by atoms with Crippen LogP contribution in [0.15, 0.2) is 0 Å². The van der Waals surface area contributed by atoms with Gasteiger partial charge in [0.05, 0.1) is 0 Å². The predicted molar refractivity (Wildman–Crippen MR) is 93.5 cm³/mol. The molecule has 5 heteroatoms. The lowest BCUT2D eigenvalue weighted by Gasteiger charge is -2.37. The summed E-state index contributed by atoms with van der Waals surface area (Å²) in [4.78, 5) is 36.1. The molecule has 0 aromatic rings. The lowest BCUT2D eigenvalue weighted by molar-refractivity contribution is -0.148. The number of hydrogen-bond acceptors (Lipinski definition) is 3. The van der Waals surface area contributed by atoms with Gasteiger partial charge in [-0.25, -0.2) is 0 Å². The first-order chi connectivity index (χ1) is 10.8. The largest absolute Gasteiger partial charge is 0.481 e. The zero-order chi connectivity index (χ0) is 18.7. The van der Waals surface area contributed by atoms with Crippen molar-refractivity contribution >= 4 is 17.7 Å². The van der Waals surface area contributed by atoms with Crippen LogP contribution < -0.4 is 5.32 Å². The number of carbonyl (C=O) groups excluding carboxylic acids is 2. The van der Waals surface area contributed by atoms with Gasteiger partial charge in [-0.15, -0.1) is 0 Å². The Morgan fingerprint density at radius 1 is 1.08 bits per heavy atom. The van der Waals surface area contributed by atoms with E-state index in [0.29, 0.717) is 5.92 Å². The fraction of sp³-hybridized carbons (Fsp3) is 0.842. The topological polar surface area (TPSA) is 83.5 Å². The number of rotatable bonds is 5. The van der Waals surface area contributed by atoms with Gasteiger partial charge in [0, 0.05) is 17.9 Å². The van der Waals surface area contributed by atoms with Crippen LogP contribution >= 0.6 is 0 Å². The molecular weight excluding hydrogens is 306 g/mol. The number of ketones is 1. The molecule has 1 saturated carbocycles. The van der Waals surface area contributed by atoms with Gasteiger partial charge >= 0.3 is 5.97 Å². The van der Waals surface area contributed by atoms with Gasteiger partial charge in [0.25, 0.3) is 0 Å². The monoisotopic (exact) mass is 339 g/mol. The van der Waals surface area contributed by atoms with Crippen LogP contribution in [0, 0.1) is 28.6 Å². The Morgan fingerprint density at radius 3 is 2.12 bits per heavy atom. The lowest BCUT2D eigenvalue weighted by atomic mass is 9.69. The van der Waals surface area contributed by atoms with E-state index in [1.807, 2.05) is 0 Å². The molecule has 0 aromatic carbocycles. The third-order valence-electron chi connectivity index (χ3n) is 5.10. The zero-order valence-electron chi connectivity index (χ0n) is 15.9. The molecule has 0 bridgehead atoms. The molecule has 0 spiro atoms. The minimum atomic E-state index is -1.18. The Hall–Kier alpha value is -1.39. The first-order valence-electron chi connectivity index (χ1n) is 8.89. The minimum absolute atomic E-state index is 0.0813. The van der Waals surface area contributed by atoms with Gasteiger partial charge in [-0.05, 0) is 30.6 Å². The number of amides is 1. The van der Waals surface area contributed by atoms with Crippen molar-refractivity contribution < 1.29 is 19.5 Å². The van der Waals surface area contributed by atoms with Gasteiger partial charge in [0.2, 0.25) is 5.91 Å². The van der Waals surface area contributed by atoms with Crippen LogP contribution in [0.4, 0.5) is 0 Å². The number of Topliss-reactive ketones (excluding diaryl/α,β-unsaturated/α-hetero) is 1. The summed E-state index contributed by atoms with van der Waals surface area (Å²) in [6.07, 6.45) is 3.82. The Labute approximate surface area is 145 Å². The number of carboxylic acids is 1. The van der Waals surface area contributed by atoms with E-state index in [0.717, 1.165) is 25.7 Å². The summed E-state index contributed by atoms with van der Waals surface area (Å²) >= 11 is 0. The van der Waals surface area contributed by atoms with Gasteiger partial charge in [0.15, 0.2) is 5.78 Å². The van der Waals surface area contributed by atoms with Crippen molar-refractivity contribution in [3.63, 3.8) is 0 Å². The third kappa shape index (κ3) is 5.60. The van der Waals surface area contributed by atoms with Crippen LogP contribution in [0.25, 0.3) is 0 Å². The Balaban J connectivity index is 2.66. The fourth-order valence-electron chi connectivity index (χ4n) is 3.38. The lowest BCUT2D eigenvalue weighted by Crippen LogP contribution is -2.44. The van der Waals surface area contributed by atoms with E-state index in [-0.39, 0.29) is 29.6 Å². The second-order valence-corrected chi connectivity index (χ2v) is 9.18. The van der Waals surface area contributed by atoms with Crippen molar-refractivity contribution in [1.29, 1.82) is 0 Å². The predicted octanol–water partition coefficient (Wildman–Crippen LogP) is 3.27. The maximum Gasteiger partial charge on any atom is 0.315 e. The number of aliphatic carboxylic acids is 1. The molecule has 1 aliphatic carbocycles. The van der Waals surface area contributed by atoms with Gasteiger partial charge in [0.1, 0.15) is 5.92 Å². The number of carbonyl (C=O) groups is 3. The Kier molecular flexibility index (Phi) is 6.59. The van der Waals surface area contributed by atoms with Gasteiger partial charge in [-0.2, -0.15) is 0 Å². The third-order valence-corrected chi connectivity index (χ3v) is 5.10. The molecule has 0 heterocycles. The normalized spacial score (nSPS) is 23.4. The highest BCUT2D eigenvalue weighted by Gasteiger charge is 2.37. The molecule has 0 aliphatic heterocycles. The smallest absolute Gasteiger partial charge is 0.315 e. The first-order valence-corrected chi connectivity index (χ1v) is 8.89. The van der Waals surface area contributed by atoms with Crippen LogP contribution in [0.2, 0.25) is 0 Å². The van der Waals surface area contributed by atoms with Crippen LogP contribution in [-0.2, 0) is 14.4 Å². The van der Waals surface area contributed by atoms with Gasteiger partial charge in [-0.3, -0.25) is 14.4 Å². The number of nitrogens with one attached hydrogen (secondary N) is 1. The maximum absolute atomic E-state index is 12.5. The van der Waals surface area contributed by atoms with Gasteiger partial charge < -0.3 is 10.4 Å². The van der Waals surface area contributed by atoms with E-state index in [4.69, 9.17) is 0 Å². The molecule has 1 aliphatic rings. The SMILES string of the molecule is CC(C)(C)C(=O)[C@H](CNC(=O)C1CCCC(C(C)(C)C)C1)C(=O)O. The number of carboxylic acid groups (broad SMARTS) is 1. The van der Waals surface area contributed by atoms with Crippen molar-refractivity contribution in [2.24, 2.45) is 28.6 Å². The number of hydrogen-bond donors (Lipinski definition) is 2. The van der Waals surface area contributed by atoms with Crippen molar-refractivity contribution in [1.82, 2.24) is 5.32 Å². The van der Waals surface area contributed by atoms with Crippen LogP contribution in [0.3, 0.4) is 0 Å². The first kappa shape index (κ1) is 20.7. The Bertz CT molecular complexity index is 485. The molecular formula is C19H33NO4. The quantitative estimate of drug-likeness (QED) is 0.753. The second-order valence-electron chi connectivity index (χ2n) is 9.18. The van der Waals surface area contributed by atoms with Crippen LogP contribution in [0.1, 0.15) is 67.2 Å². The van der Waals surface area contributed by atoms with Crippen molar-refractivity contribution in [3.8, 4) is 0 Å². The maximum atomic E-state index is 12.5. The standard InChI is InChI=1S/C19H33NO4/c1-18(2,3)13-9-7-8-12(10-13)16(22)20-11-14(17(23)24)15(21)19(4,5)6/h12-14H,7-11H2,1-6H3,(H,20,22)(H,23,24)/t12?,13?,14-/m0/s1. The average Bonchev–Trinajstić information content (AvgIpc) is 2.45. The van der Waals surface area contributed by atoms with Crippen LogP contribution in [0.5, 0.6) is 0 Å². The molecule has 2 N–H and O–H groups in total. The molecule has 5 nitrogen and oxygen atoms in total. The van der Waals surface area contributed by atoms with Crippen molar-refractivity contribution in [2.75, 3.05) is 6.54 Å². The summed E-state index contributed by atoms with van der Waals surface area (Å²) in [5.74, 6) is -2.42. The fourth-order valence-corrected chi connectivity index (χ4v) is 3.38. The summed E-state index contributed by atoms with van der Waals surface area (Å²) < 4.78 is 0. The molecule has 1 fully saturated rings. The van der Waals surface area contributed by atoms with Crippen LogP contribution in [-0.4, -0.2) is 29.3 Å². The highest BCUT2D eigenvalue weighted by molar-refractivity contribution is 6.01. The molecule has 138 valence electrons. The summed E-state index contributed by atoms with van der Waals surface area (Å²) in [6.45, 7) is 11.6. The van der Waals surface area contributed by atoms with E-state index in [9.17, 15) is 19.5 Å². The molecule has 0 saturated heterocycles. The van der Waals surface area contributed by atoms with E-state index in [1.54, 1.807) is 20.8 Å². The zero-order valence-corrected chi connectivity index (χ0v) is 15.9. The molecule has 24 heavy (non-hydrogen) atoms. The molecule has 3 atom stereocenters. The van der Waals surface area contributed by atoms with Gasteiger partial charge in [-0.1, -0.05) is 48.0 Å². The molecule has 0 aromatic heterocycles. The van der Waals surface area contributed by atoms with Crippen molar-refractivity contribution in [3.05, 3.63) is 0 Å². The van der Waals surface area contributed by atoms with Crippen molar-refractivity contribution in [2.45, 2.75) is 67.2 Å². The molecule has 1 rings (SSSR count). The summed E-state index contributed by atoms with van der Waals surface area (Å²) in [6, 6.07) is 0. The van der Waals surface area contributed by atoms with E-state index >= 15 is 0 Å². The average molecular weight is 339 g/mol. The molecule has 2 unspecified atom stereocenters. The summed E-state index contributed by atoms with van der Waals surface area (Å²) in [5.41, 5.74) is -0.569. The molecule has 0 radical (unpaired) electrons. The molecule has 1 amide bonds.